The maximum Gasteiger partial charge on any atom is 0.273 e. The minimum atomic E-state index is -0.186. The third-order valence-corrected chi connectivity index (χ3v) is 1.68. The van der Waals surface area contributed by atoms with Crippen LogP contribution in [0.3, 0.4) is 0 Å². The van der Waals surface area contributed by atoms with Crippen molar-refractivity contribution >= 4 is 5.95 Å². The number of rotatable bonds is 4. The molecule has 0 saturated carbocycles. The van der Waals surface area contributed by atoms with E-state index < -0.39 is 0 Å². The molecule has 1 rings (SSSR count). The van der Waals surface area contributed by atoms with Crippen molar-refractivity contribution in [1.29, 1.82) is 0 Å². The zero-order valence-corrected chi connectivity index (χ0v) is 7.92. The third-order valence-electron chi connectivity index (χ3n) is 1.68. The fourth-order valence-electron chi connectivity index (χ4n) is 0.857. The normalized spacial score (nSPS) is 10.0. The molecule has 2 N–H and O–H groups in total. The Morgan fingerprint density at radius 3 is 2.85 bits per heavy atom. The van der Waals surface area contributed by atoms with Crippen LogP contribution in [0, 0.1) is 6.92 Å². The second-order valence-electron chi connectivity index (χ2n) is 2.87. The van der Waals surface area contributed by atoms with Crippen LogP contribution < -0.4 is 10.9 Å². The van der Waals surface area contributed by atoms with Crippen LogP contribution in [0.2, 0.25) is 0 Å². The lowest BCUT2D eigenvalue weighted by Crippen LogP contribution is -2.17. The van der Waals surface area contributed by atoms with E-state index in [1.807, 2.05) is 0 Å². The molecule has 0 aromatic carbocycles. The van der Waals surface area contributed by atoms with Crippen molar-refractivity contribution < 1.29 is 0 Å². The highest BCUT2D eigenvalue weighted by Gasteiger charge is 1.97. The Morgan fingerprint density at radius 1 is 1.46 bits per heavy atom. The molecule has 0 spiro atoms. The summed E-state index contributed by atoms with van der Waals surface area (Å²) in [4.78, 5) is 13.7. The van der Waals surface area contributed by atoms with Gasteiger partial charge in [0.05, 0.1) is 0 Å². The number of H-pyrrole nitrogens is 1. The van der Waals surface area contributed by atoms with Gasteiger partial charge in [0.2, 0.25) is 5.95 Å². The molecule has 72 valence electrons. The molecule has 0 saturated heterocycles. The molecular formula is C8H14N4O. The van der Waals surface area contributed by atoms with Crippen molar-refractivity contribution in [2.45, 2.75) is 26.7 Å². The molecule has 0 unspecified atom stereocenters. The van der Waals surface area contributed by atoms with Crippen LogP contribution in [0.5, 0.6) is 0 Å². The highest BCUT2D eigenvalue weighted by molar-refractivity contribution is 5.20. The van der Waals surface area contributed by atoms with Crippen LogP contribution >= 0.6 is 0 Å². The van der Waals surface area contributed by atoms with Crippen molar-refractivity contribution in [3.8, 4) is 0 Å². The summed E-state index contributed by atoms with van der Waals surface area (Å²) < 4.78 is 0. The van der Waals surface area contributed by atoms with Gasteiger partial charge in [0.1, 0.15) is 5.69 Å². The van der Waals surface area contributed by atoms with E-state index >= 15 is 0 Å². The lowest BCUT2D eigenvalue weighted by atomic mass is 10.3. The fraction of sp³-hybridized carbons (Fsp3) is 0.625. The summed E-state index contributed by atoms with van der Waals surface area (Å²) in [5.41, 5.74) is 0.204. The monoisotopic (exact) mass is 182 g/mol. The average molecular weight is 182 g/mol. The number of aromatic nitrogens is 3. The van der Waals surface area contributed by atoms with Crippen molar-refractivity contribution in [3.05, 3.63) is 16.0 Å². The molecule has 0 aliphatic carbocycles. The number of nitrogens with zero attached hydrogens (tertiary/aromatic N) is 2. The molecule has 1 aromatic rings. The molecule has 5 heteroatoms. The van der Waals surface area contributed by atoms with E-state index in [4.69, 9.17) is 0 Å². The van der Waals surface area contributed by atoms with Crippen LogP contribution in [0.1, 0.15) is 25.5 Å². The van der Waals surface area contributed by atoms with Crippen molar-refractivity contribution in [1.82, 2.24) is 15.2 Å². The van der Waals surface area contributed by atoms with Crippen molar-refractivity contribution in [2.24, 2.45) is 0 Å². The molecule has 0 bridgehead atoms. The molecule has 0 fully saturated rings. The molecule has 1 aromatic heterocycles. The second kappa shape index (κ2) is 4.59. The van der Waals surface area contributed by atoms with E-state index in [9.17, 15) is 4.79 Å². The predicted molar refractivity (Wildman–Crippen MR) is 50.8 cm³/mol. The summed E-state index contributed by atoms with van der Waals surface area (Å²) in [6, 6.07) is 0. The number of unbranched alkanes of at least 4 members (excludes halogenated alkanes) is 1. The molecule has 0 aliphatic rings. The molecular weight excluding hydrogens is 168 g/mol. The Hall–Kier alpha value is -1.39. The highest BCUT2D eigenvalue weighted by atomic mass is 16.1. The van der Waals surface area contributed by atoms with E-state index in [-0.39, 0.29) is 5.56 Å². The van der Waals surface area contributed by atoms with Crippen LogP contribution in [0.15, 0.2) is 4.79 Å². The summed E-state index contributed by atoms with van der Waals surface area (Å²) in [6.45, 7) is 4.54. The number of aryl methyl sites for hydroxylation is 1. The van der Waals surface area contributed by atoms with Crippen LogP contribution in [-0.2, 0) is 0 Å². The zero-order chi connectivity index (χ0) is 9.68. The minimum absolute atomic E-state index is 0.186. The van der Waals surface area contributed by atoms with E-state index in [1.54, 1.807) is 6.92 Å². The van der Waals surface area contributed by atoms with Crippen molar-refractivity contribution in [3.63, 3.8) is 0 Å². The maximum absolute atomic E-state index is 11.1. The van der Waals surface area contributed by atoms with E-state index in [1.165, 1.54) is 0 Å². The van der Waals surface area contributed by atoms with Gasteiger partial charge in [-0.15, -0.1) is 10.2 Å². The van der Waals surface area contributed by atoms with E-state index in [0.717, 1.165) is 19.4 Å². The van der Waals surface area contributed by atoms with Gasteiger partial charge in [-0.2, -0.15) is 0 Å². The highest BCUT2D eigenvalue weighted by Crippen LogP contribution is 1.92. The fourth-order valence-corrected chi connectivity index (χ4v) is 0.857. The number of nitrogens with one attached hydrogen (secondary N) is 2. The quantitative estimate of drug-likeness (QED) is 0.672. The van der Waals surface area contributed by atoms with Crippen LogP contribution in [0.4, 0.5) is 5.95 Å². The summed E-state index contributed by atoms with van der Waals surface area (Å²) in [5.74, 6) is 0.448. The zero-order valence-electron chi connectivity index (χ0n) is 7.92. The number of hydrogen-bond donors (Lipinski definition) is 2. The smallest absolute Gasteiger partial charge is 0.273 e. The van der Waals surface area contributed by atoms with Gasteiger partial charge in [0.25, 0.3) is 5.56 Å². The van der Waals surface area contributed by atoms with Gasteiger partial charge in [0, 0.05) is 6.54 Å². The minimum Gasteiger partial charge on any atom is -0.354 e. The van der Waals surface area contributed by atoms with Gasteiger partial charge in [-0.1, -0.05) is 13.3 Å². The first kappa shape index (κ1) is 9.70. The van der Waals surface area contributed by atoms with Gasteiger partial charge in [0.15, 0.2) is 0 Å². The predicted octanol–water partition coefficient (Wildman–Crippen LogP) is 0.685. The van der Waals surface area contributed by atoms with Crippen LogP contribution in [0.25, 0.3) is 0 Å². The summed E-state index contributed by atoms with van der Waals surface area (Å²) >= 11 is 0. The first-order valence-corrected chi connectivity index (χ1v) is 4.41. The largest absolute Gasteiger partial charge is 0.354 e. The van der Waals surface area contributed by atoms with Gasteiger partial charge in [-0.3, -0.25) is 9.78 Å². The lowest BCUT2D eigenvalue weighted by Gasteiger charge is -2.02. The van der Waals surface area contributed by atoms with Gasteiger partial charge >= 0.3 is 0 Å². The number of aromatic amines is 1. The molecule has 0 aliphatic heterocycles. The first-order chi connectivity index (χ1) is 6.24. The van der Waals surface area contributed by atoms with E-state index in [2.05, 4.69) is 27.4 Å². The van der Waals surface area contributed by atoms with Gasteiger partial charge < -0.3 is 5.32 Å². The summed E-state index contributed by atoms with van der Waals surface area (Å²) in [5, 5.41) is 10.5. The Labute approximate surface area is 76.6 Å². The third kappa shape index (κ3) is 2.85. The Morgan fingerprint density at radius 2 is 2.23 bits per heavy atom. The van der Waals surface area contributed by atoms with Crippen LogP contribution in [-0.4, -0.2) is 21.7 Å². The van der Waals surface area contributed by atoms with Crippen molar-refractivity contribution in [2.75, 3.05) is 11.9 Å². The van der Waals surface area contributed by atoms with Gasteiger partial charge in [-0.05, 0) is 13.3 Å². The summed E-state index contributed by atoms with van der Waals surface area (Å²) in [7, 11) is 0. The topological polar surface area (TPSA) is 70.7 Å². The number of hydrogen-bond acceptors (Lipinski definition) is 4. The summed E-state index contributed by atoms with van der Waals surface area (Å²) in [6.07, 6.45) is 2.16. The Kier molecular flexibility index (Phi) is 3.42. The molecule has 0 radical (unpaired) electrons. The molecule has 0 atom stereocenters. The molecule has 5 nitrogen and oxygen atoms in total. The molecule has 13 heavy (non-hydrogen) atoms. The molecule has 0 amide bonds. The Balaban J connectivity index is 2.58. The van der Waals surface area contributed by atoms with Gasteiger partial charge in [-0.25, -0.2) is 0 Å². The van der Waals surface area contributed by atoms with E-state index in [0.29, 0.717) is 11.6 Å². The lowest BCUT2D eigenvalue weighted by molar-refractivity contribution is 0.811. The molecule has 1 heterocycles. The first-order valence-electron chi connectivity index (χ1n) is 4.41. The SMILES string of the molecule is CCCCNc1nnc(C)c(=O)[nH]1. The average Bonchev–Trinajstić information content (AvgIpc) is 2.12. The maximum atomic E-state index is 11.1. The second-order valence-corrected chi connectivity index (χ2v) is 2.87. The number of anilines is 1. The standard InChI is InChI=1S/C8H14N4O/c1-3-4-5-9-8-10-7(13)6(2)11-12-8/h3-5H2,1-2H3,(H2,9,10,12,13). The Bertz CT molecular complexity index is 320.